The van der Waals surface area contributed by atoms with E-state index in [1.807, 2.05) is 0 Å². The zero-order valence-corrected chi connectivity index (χ0v) is 8.92. The number of nitrogens with one attached hydrogen (secondary N) is 2. The van der Waals surface area contributed by atoms with Crippen LogP contribution in [0.25, 0.3) is 0 Å². The number of hydrogen-bond acceptors (Lipinski definition) is 5. The molecule has 8 heteroatoms. The van der Waals surface area contributed by atoms with E-state index in [4.69, 9.17) is 5.11 Å². The van der Waals surface area contributed by atoms with E-state index in [2.05, 4.69) is 31.8 Å². The first-order chi connectivity index (χ1) is 8.13. The summed E-state index contributed by atoms with van der Waals surface area (Å²) in [5.74, 6) is -0.821. The fraction of sp³-hybridized carbons (Fsp3) is 0.333. The molecular weight excluding hydrogens is 228 g/mol. The third-order valence-corrected chi connectivity index (χ3v) is 1.78. The number of carboxylic acid groups (broad SMARTS) is 1. The van der Waals surface area contributed by atoms with Crippen molar-refractivity contribution in [3.8, 4) is 0 Å². The minimum atomic E-state index is -1.18. The number of H-pyrrole nitrogens is 1. The molecule has 8 nitrogen and oxygen atoms in total. The van der Waals surface area contributed by atoms with Crippen molar-refractivity contribution in [2.75, 3.05) is 6.61 Å². The molecule has 1 atom stereocenters. The van der Waals surface area contributed by atoms with Gasteiger partial charge in [0, 0.05) is 6.42 Å². The number of aromatic amines is 1. The maximum absolute atomic E-state index is 11.2. The highest BCUT2D eigenvalue weighted by Gasteiger charge is 2.22. The van der Waals surface area contributed by atoms with Gasteiger partial charge >= 0.3 is 12.1 Å². The van der Waals surface area contributed by atoms with Crippen molar-refractivity contribution in [1.29, 1.82) is 0 Å². The molecule has 1 amide bonds. The summed E-state index contributed by atoms with van der Waals surface area (Å²) in [6.45, 7) is 3.38. The van der Waals surface area contributed by atoms with Gasteiger partial charge in [0.2, 0.25) is 0 Å². The van der Waals surface area contributed by atoms with Gasteiger partial charge in [-0.1, -0.05) is 12.7 Å². The number of carboxylic acids is 1. The van der Waals surface area contributed by atoms with Crippen molar-refractivity contribution in [2.24, 2.45) is 0 Å². The third kappa shape index (κ3) is 4.33. The molecule has 0 fully saturated rings. The molecule has 0 saturated heterocycles. The molecule has 3 N–H and O–H groups in total. The van der Waals surface area contributed by atoms with Crippen LogP contribution in [0.2, 0.25) is 0 Å². The van der Waals surface area contributed by atoms with E-state index < -0.39 is 18.1 Å². The highest BCUT2D eigenvalue weighted by Crippen LogP contribution is 1.96. The van der Waals surface area contributed by atoms with Gasteiger partial charge in [-0.25, -0.2) is 14.6 Å². The van der Waals surface area contributed by atoms with E-state index >= 15 is 0 Å². The maximum Gasteiger partial charge on any atom is 0.408 e. The summed E-state index contributed by atoms with van der Waals surface area (Å²) in [7, 11) is 0. The average Bonchev–Trinajstić information content (AvgIpc) is 2.78. The SMILES string of the molecule is C=CCOC(=O)NC(Cc1ncn[nH]1)C(=O)O. The minimum Gasteiger partial charge on any atom is -0.480 e. The predicted molar refractivity (Wildman–Crippen MR) is 56.2 cm³/mol. The third-order valence-electron chi connectivity index (χ3n) is 1.78. The van der Waals surface area contributed by atoms with Gasteiger partial charge in [0.25, 0.3) is 0 Å². The molecule has 17 heavy (non-hydrogen) atoms. The van der Waals surface area contributed by atoms with Gasteiger partial charge in [-0.2, -0.15) is 5.10 Å². The average molecular weight is 240 g/mol. The number of carbonyl (C=O) groups excluding carboxylic acids is 1. The van der Waals surface area contributed by atoms with Crippen LogP contribution in [0.5, 0.6) is 0 Å². The van der Waals surface area contributed by atoms with Crippen molar-refractivity contribution in [1.82, 2.24) is 20.5 Å². The van der Waals surface area contributed by atoms with Gasteiger partial charge < -0.3 is 15.2 Å². The van der Waals surface area contributed by atoms with Crippen molar-refractivity contribution >= 4 is 12.1 Å². The first-order valence-electron chi connectivity index (χ1n) is 4.74. The quantitative estimate of drug-likeness (QED) is 0.588. The molecule has 0 spiro atoms. The predicted octanol–water partition coefficient (Wildman–Crippen LogP) is -0.287. The second-order valence-electron chi connectivity index (χ2n) is 3.06. The highest BCUT2D eigenvalue weighted by molar-refractivity contribution is 5.80. The Bertz CT molecular complexity index is 390. The number of ether oxygens (including phenoxy) is 1. The Kier molecular flexibility index (Phi) is 4.67. The number of aliphatic carboxylic acids is 1. The van der Waals surface area contributed by atoms with Gasteiger partial charge in [-0.05, 0) is 0 Å². The van der Waals surface area contributed by atoms with Crippen LogP contribution >= 0.6 is 0 Å². The molecule has 0 bridgehead atoms. The van der Waals surface area contributed by atoms with Gasteiger partial charge in [0.05, 0.1) is 0 Å². The van der Waals surface area contributed by atoms with Crippen LogP contribution in [0.3, 0.4) is 0 Å². The Morgan fingerprint density at radius 3 is 3.00 bits per heavy atom. The molecule has 1 aromatic rings. The van der Waals surface area contributed by atoms with Crippen LogP contribution in [-0.2, 0) is 16.0 Å². The molecule has 1 unspecified atom stereocenters. The van der Waals surface area contributed by atoms with Crippen LogP contribution in [0, 0.1) is 0 Å². The molecule has 0 aromatic carbocycles. The topological polar surface area (TPSA) is 117 Å². The second-order valence-corrected chi connectivity index (χ2v) is 3.06. The number of alkyl carbamates (subject to hydrolysis) is 1. The lowest BCUT2D eigenvalue weighted by Gasteiger charge is -2.12. The normalized spacial score (nSPS) is 11.5. The van der Waals surface area contributed by atoms with E-state index in [9.17, 15) is 9.59 Å². The standard InChI is InChI=1S/C9H12N4O4/c1-2-3-17-9(16)12-6(8(14)15)4-7-10-5-11-13-7/h2,5-6H,1,3-4H2,(H,12,16)(H,14,15)(H,10,11,13). The lowest BCUT2D eigenvalue weighted by molar-refractivity contribution is -0.139. The van der Waals surface area contributed by atoms with Gasteiger partial charge in [0.15, 0.2) is 0 Å². The van der Waals surface area contributed by atoms with Crippen LogP contribution in [0.4, 0.5) is 4.79 Å². The molecular formula is C9H12N4O4. The van der Waals surface area contributed by atoms with Crippen LogP contribution in [-0.4, -0.2) is 45.0 Å². The molecule has 0 aliphatic rings. The summed E-state index contributed by atoms with van der Waals surface area (Å²) in [5, 5.41) is 17.2. The number of hydrogen-bond donors (Lipinski definition) is 3. The number of aromatic nitrogens is 3. The number of nitrogens with zero attached hydrogens (tertiary/aromatic N) is 2. The van der Waals surface area contributed by atoms with Crippen molar-refractivity contribution < 1.29 is 19.4 Å². The first kappa shape index (κ1) is 12.7. The fourth-order valence-corrected chi connectivity index (χ4v) is 1.04. The van der Waals surface area contributed by atoms with E-state index in [-0.39, 0.29) is 13.0 Å². The Labute approximate surface area is 96.7 Å². The lowest BCUT2D eigenvalue weighted by atomic mass is 10.2. The fourth-order valence-electron chi connectivity index (χ4n) is 1.04. The molecule has 92 valence electrons. The Hall–Kier alpha value is -2.38. The Morgan fingerprint density at radius 1 is 1.71 bits per heavy atom. The maximum atomic E-state index is 11.2. The summed E-state index contributed by atoms with van der Waals surface area (Å²) in [5.41, 5.74) is 0. The van der Waals surface area contributed by atoms with E-state index in [1.54, 1.807) is 0 Å². The first-order valence-corrected chi connectivity index (χ1v) is 4.74. The monoisotopic (exact) mass is 240 g/mol. The summed E-state index contributed by atoms with van der Waals surface area (Å²) in [4.78, 5) is 25.8. The smallest absolute Gasteiger partial charge is 0.408 e. The van der Waals surface area contributed by atoms with Gasteiger partial charge in [-0.15, -0.1) is 0 Å². The molecule has 1 aromatic heterocycles. The van der Waals surface area contributed by atoms with Gasteiger partial charge in [-0.3, -0.25) is 5.10 Å². The van der Waals surface area contributed by atoms with E-state index in [0.717, 1.165) is 0 Å². The van der Waals surface area contributed by atoms with E-state index in [0.29, 0.717) is 5.82 Å². The molecule has 1 rings (SSSR count). The summed E-state index contributed by atoms with van der Waals surface area (Å²) in [6.07, 6.45) is 1.81. The summed E-state index contributed by atoms with van der Waals surface area (Å²) >= 11 is 0. The Morgan fingerprint density at radius 2 is 2.47 bits per heavy atom. The summed E-state index contributed by atoms with van der Waals surface area (Å²) < 4.78 is 4.61. The molecule has 0 saturated carbocycles. The zero-order valence-electron chi connectivity index (χ0n) is 8.92. The van der Waals surface area contributed by atoms with Crippen molar-refractivity contribution in [2.45, 2.75) is 12.5 Å². The summed E-state index contributed by atoms with van der Waals surface area (Å²) in [6, 6.07) is -1.12. The largest absolute Gasteiger partial charge is 0.480 e. The Balaban J connectivity index is 2.51. The molecule has 0 radical (unpaired) electrons. The molecule has 1 heterocycles. The van der Waals surface area contributed by atoms with Crippen molar-refractivity contribution in [3.63, 3.8) is 0 Å². The van der Waals surface area contributed by atoms with Crippen LogP contribution in [0.15, 0.2) is 19.0 Å². The van der Waals surface area contributed by atoms with Crippen LogP contribution < -0.4 is 5.32 Å². The lowest BCUT2D eigenvalue weighted by Crippen LogP contribution is -2.42. The van der Waals surface area contributed by atoms with Crippen LogP contribution in [0.1, 0.15) is 5.82 Å². The highest BCUT2D eigenvalue weighted by atomic mass is 16.5. The van der Waals surface area contributed by atoms with Crippen molar-refractivity contribution in [3.05, 3.63) is 24.8 Å². The zero-order chi connectivity index (χ0) is 12.7. The minimum absolute atomic E-state index is 0.00147. The second kappa shape index (κ2) is 6.26. The number of amides is 1. The number of rotatable bonds is 6. The van der Waals surface area contributed by atoms with E-state index in [1.165, 1.54) is 12.4 Å². The molecule has 0 aliphatic carbocycles. The number of carbonyl (C=O) groups is 2. The molecule has 0 aliphatic heterocycles. The van der Waals surface area contributed by atoms with Gasteiger partial charge in [0.1, 0.15) is 24.8 Å².